The van der Waals surface area contributed by atoms with Crippen molar-refractivity contribution >= 4 is 27.7 Å². The highest BCUT2D eigenvalue weighted by atomic mass is 32.2. The van der Waals surface area contributed by atoms with E-state index in [2.05, 4.69) is 8.75 Å². The van der Waals surface area contributed by atoms with Gasteiger partial charge in [-0.1, -0.05) is 0 Å². The molecule has 2 heterocycles. The van der Waals surface area contributed by atoms with E-state index in [1.807, 2.05) is 0 Å². The maximum atomic E-state index is 12.6. The SMILES string of the molecule is CN(C)S(=O)(=O)c1ccc(C(=O)N2CCC(Oc3cnsn3)CC2)cc1. The normalized spacial score (nSPS) is 16.0. The molecule has 1 fully saturated rings. The fraction of sp³-hybridized carbons (Fsp3) is 0.438. The average Bonchev–Trinajstić information content (AvgIpc) is 3.15. The molecule has 1 aromatic carbocycles. The maximum absolute atomic E-state index is 12.6. The van der Waals surface area contributed by atoms with Gasteiger partial charge in [0, 0.05) is 45.6 Å². The third-order valence-electron chi connectivity index (χ3n) is 4.24. The number of hydrogen-bond donors (Lipinski definition) is 0. The highest BCUT2D eigenvalue weighted by molar-refractivity contribution is 7.89. The van der Waals surface area contributed by atoms with Crippen molar-refractivity contribution in [3.63, 3.8) is 0 Å². The summed E-state index contributed by atoms with van der Waals surface area (Å²) in [5.74, 6) is 0.421. The fourth-order valence-corrected chi connectivity index (χ4v) is 3.98. The molecule has 140 valence electrons. The minimum Gasteiger partial charge on any atom is -0.472 e. The summed E-state index contributed by atoms with van der Waals surface area (Å²) >= 11 is 1.10. The molecule has 1 aliphatic rings. The third kappa shape index (κ3) is 4.02. The average molecular weight is 396 g/mol. The van der Waals surface area contributed by atoms with Crippen molar-refractivity contribution in [3.8, 4) is 5.88 Å². The van der Waals surface area contributed by atoms with Crippen LogP contribution in [0.25, 0.3) is 0 Å². The van der Waals surface area contributed by atoms with Gasteiger partial charge in [0.15, 0.2) is 0 Å². The molecule has 3 rings (SSSR count). The van der Waals surface area contributed by atoms with Crippen molar-refractivity contribution in [2.24, 2.45) is 0 Å². The predicted octanol–water partition coefficient (Wildman–Crippen LogP) is 1.47. The van der Waals surface area contributed by atoms with Gasteiger partial charge in [-0.2, -0.15) is 4.37 Å². The minimum absolute atomic E-state index is 0.0237. The summed E-state index contributed by atoms with van der Waals surface area (Å²) in [6.45, 7) is 1.16. The van der Waals surface area contributed by atoms with Crippen LogP contribution in [0.1, 0.15) is 23.2 Å². The summed E-state index contributed by atoms with van der Waals surface area (Å²) in [6, 6.07) is 6.05. The van der Waals surface area contributed by atoms with E-state index in [0.717, 1.165) is 28.9 Å². The molecule has 1 aliphatic heterocycles. The number of carbonyl (C=O) groups is 1. The number of sulfonamides is 1. The van der Waals surface area contributed by atoms with Crippen LogP contribution in [0.5, 0.6) is 5.88 Å². The monoisotopic (exact) mass is 396 g/mol. The predicted molar refractivity (Wildman–Crippen MR) is 96.8 cm³/mol. The van der Waals surface area contributed by atoms with Crippen LogP contribution in [-0.4, -0.2) is 65.6 Å². The number of rotatable bonds is 5. The zero-order valence-corrected chi connectivity index (χ0v) is 16.2. The quantitative estimate of drug-likeness (QED) is 0.760. The van der Waals surface area contributed by atoms with Crippen LogP contribution in [-0.2, 0) is 10.0 Å². The van der Waals surface area contributed by atoms with E-state index < -0.39 is 10.0 Å². The second-order valence-corrected chi connectivity index (χ2v) is 8.88. The van der Waals surface area contributed by atoms with Gasteiger partial charge < -0.3 is 9.64 Å². The Morgan fingerprint density at radius 1 is 1.23 bits per heavy atom. The Bertz CT molecular complexity index is 843. The molecule has 0 unspecified atom stereocenters. The molecule has 0 bridgehead atoms. The van der Waals surface area contributed by atoms with Crippen molar-refractivity contribution in [2.75, 3.05) is 27.2 Å². The van der Waals surface area contributed by atoms with Gasteiger partial charge in [-0.25, -0.2) is 12.7 Å². The first-order chi connectivity index (χ1) is 12.4. The number of likely N-dealkylation sites (tertiary alicyclic amines) is 1. The molecule has 10 heteroatoms. The van der Waals surface area contributed by atoms with Crippen LogP contribution < -0.4 is 4.74 Å². The van der Waals surface area contributed by atoms with Crippen molar-refractivity contribution < 1.29 is 17.9 Å². The zero-order chi connectivity index (χ0) is 18.7. The minimum atomic E-state index is -3.49. The standard InChI is InChI=1S/C16H20N4O4S2/c1-19(2)26(22,23)14-5-3-12(4-6-14)16(21)20-9-7-13(8-10-20)24-15-11-17-25-18-15/h3-6,11,13H,7-10H2,1-2H3. The Morgan fingerprint density at radius 3 is 2.42 bits per heavy atom. The van der Waals surface area contributed by atoms with E-state index in [4.69, 9.17) is 4.74 Å². The summed E-state index contributed by atoms with van der Waals surface area (Å²) in [5, 5.41) is 0. The summed E-state index contributed by atoms with van der Waals surface area (Å²) < 4.78 is 39.0. The largest absolute Gasteiger partial charge is 0.472 e. The number of amides is 1. The molecule has 26 heavy (non-hydrogen) atoms. The second kappa shape index (κ2) is 7.68. The maximum Gasteiger partial charge on any atom is 0.253 e. The smallest absolute Gasteiger partial charge is 0.253 e. The Hall–Kier alpha value is -2.04. The third-order valence-corrected chi connectivity index (χ3v) is 6.53. The molecule has 0 N–H and O–H groups in total. The number of piperidine rings is 1. The van der Waals surface area contributed by atoms with Crippen LogP contribution in [0.15, 0.2) is 35.4 Å². The molecule has 0 saturated carbocycles. The van der Waals surface area contributed by atoms with Crippen LogP contribution in [0.2, 0.25) is 0 Å². The van der Waals surface area contributed by atoms with Crippen LogP contribution in [0.4, 0.5) is 0 Å². The van der Waals surface area contributed by atoms with E-state index in [9.17, 15) is 13.2 Å². The Morgan fingerprint density at radius 2 is 1.88 bits per heavy atom. The molecule has 0 atom stereocenters. The van der Waals surface area contributed by atoms with Gasteiger partial charge in [0.1, 0.15) is 12.3 Å². The molecular formula is C16H20N4O4S2. The molecule has 0 spiro atoms. The molecule has 0 aliphatic carbocycles. The van der Waals surface area contributed by atoms with Gasteiger partial charge in [0.2, 0.25) is 15.9 Å². The lowest BCUT2D eigenvalue weighted by atomic mass is 10.1. The van der Waals surface area contributed by atoms with Gasteiger partial charge in [0.05, 0.1) is 16.6 Å². The van der Waals surface area contributed by atoms with Gasteiger partial charge in [0.25, 0.3) is 5.91 Å². The topological polar surface area (TPSA) is 92.7 Å². The van der Waals surface area contributed by atoms with Gasteiger partial charge in [-0.15, -0.1) is 4.37 Å². The van der Waals surface area contributed by atoms with Crippen LogP contribution in [0, 0.1) is 0 Å². The van der Waals surface area contributed by atoms with Crippen molar-refractivity contribution in [2.45, 2.75) is 23.8 Å². The number of hydrogen-bond acceptors (Lipinski definition) is 7. The molecule has 1 saturated heterocycles. The lowest BCUT2D eigenvalue weighted by Crippen LogP contribution is -2.41. The fourth-order valence-electron chi connectivity index (χ4n) is 2.72. The summed E-state index contributed by atoms with van der Waals surface area (Å²) in [6.07, 6.45) is 3.05. The van der Waals surface area contributed by atoms with E-state index in [1.165, 1.54) is 26.2 Å². The second-order valence-electron chi connectivity index (χ2n) is 6.17. The number of carbonyl (C=O) groups excluding carboxylic acids is 1. The first-order valence-corrected chi connectivity index (χ1v) is 10.3. The molecule has 1 aromatic heterocycles. The van der Waals surface area contributed by atoms with Gasteiger partial charge >= 0.3 is 0 Å². The number of benzene rings is 1. The highest BCUT2D eigenvalue weighted by Crippen LogP contribution is 2.20. The molecule has 2 aromatic rings. The Balaban J connectivity index is 1.60. The van der Waals surface area contributed by atoms with Crippen LogP contribution in [0.3, 0.4) is 0 Å². The summed E-state index contributed by atoms with van der Waals surface area (Å²) in [4.78, 5) is 14.6. The van der Waals surface area contributed by atoms with E-state index in [1.54, 1.807) is 23.2 Å². The van der Waals surface area contributed by atoms with Crippen molar-refractivity contribution in [1.29, 1.82) is 0 Å². The van der Waals surface area contributed by atoms with Crippen molar-refractivity contribution in [3.05, 3.63) is 36.0 Å². The first kappa shape index (κ1) is 18.7. The van der Waals surface area contributed by atoms with E-state index in [-0.39, 0.29) is 16.9 Å². The molecule has 8 nitrogen and oxygen atoms in total. The highest BCUT2D eigenvalue weighted by Gasteiger charge is 2.25. The number of nitrogens with zero attached hydrogens (tertiary/aromatic N) is 4. The van der Waals surface area contributed by atoms with E-state index >= 15 is 0 Å². The Labute approximate surface area is 156 Å². The van der Waals surface area contributed by atoms with Gasteiger partial charge in [-0.05, 0) is 24.3 Å². The van der Waals surface area contributed by atoms with Gasteiger partial charge in [-0.3, -0.25) is 4.79 Å². The molecular weight excluding hydrogens is 376 g/mol. The number of ether oxygens (including phenoxy) is 1. The lowest BCUT2D eigenvalue weighted by molar-refractivity contribution is 0.0589. The zero-order valence-electron chi connectivity index (χ0n) is 14.5. The summed E-state index contributed by atoms with van der Waals surface area (Å²) in [7, 11) is -0.546. The van der Waals surface area contributed by atoms with Crippen molar-refractivity contribution in [1.82, 2.24) is 18.0 Å². The molecule has 0 radical (unpaired) electrons. The Kier molecular flexibility index (Phi) is 5.54. The van der Waals surface area contributed by atoms with E-state index in [0.29, 0.717) is 24.5 Å². The molecule has 1 amide bonds. The number of aromatic nitrogens is 2. The summed E-state index contributed by atoms with van der Waals surface area (Å²) in [5.41, 5.74) is 0.478. The van der Waals surface area contributed by atoms with Crippen LogP contribution >= 0.6 is 11.7 Å². The first-order valence-electron chi connectivity index (χ1n) is 8.14. The lowest BCUT2D eigenvalue weighted by Gasteiger charge is -2.31.